The molecule has 1 aliphatic rings. The number of hydrogen-bond donors (Lipinski definition) is 2. The summed E-state index contributed by atoms with van der Waals surface area (Å²) in [6.07, 6.45) is 3.52. The molecule has 0 aromatic heterocycles. The standard InChI is InChI=1S/C15H23BO3.C9H11BrO/c1-14(2)15(3,4)19-16(18-14)13-9-7-12(8-10-13)6-5-11-17;10-9-5-3-8(4-6-9)2-1-7-11/h7-10,17H,5-6,11H2,1-4H3;3-6,11H,1-2,7H2. The molecule has 0 saturated carbocycles. The van der Waals surface area contributed by atoms with E-state index < -0.39 is 0 Å². The van der Waals surface area contributed by atoms with Gasteiger partial charge in [-0.2, -0.15) is 0 Å². The average molecular weight is 477 g/mol. The van der Waals surface area contributed by atoms with Gasteiger partial charge in [0.05, 0.1) is 11.2 Å². The lowest BCUT2D eigenvalue weighted by Crippen LogP contribution is -2.41. The minimum Gasteiger partial charge on any atom is -0.399 e. The van der Waals surface area contributed by atoms with E-state index in [9.17, 15) is 0 Å². The third kappa shape index (κ3) is 7.21. The minimum absolute atomic E-state index is 0.235. The summed E-state index contributed by atoms with van der Waals surface area (Å²) in [4.78, 5) is 0. The summed E-state index contributed by atoms with van der Waals surface area (Å²) in [7, 11) is -0.295. The molecule has 6 heteroatoms. The number of aliphatic hydroxyl groups excluding tert-OH is 2. The number of benzene rings is 2. The Labute approximate surface area is 189 Å². The molecule has 0 aliphatic carbocycles. The summed E-state index contributed by atoms with van der Waals surface area (Å²) in [5, 5.41) is 17.4. The second-order valence-electron chi connectivity index (χ2n) is 8.61. The molecule has 1 saturated heterocycles. The molecule has 0 atom stereocenters. The van der Waals surface area contributed by atoms with Gasteiger partial charge in [0.2, 0.25) is 0 Å². The van der Waals surface area contributed by atoms with Crippen molar-refractivity contribution in [2.75, 3.05) is 13.2 Å². The van der Waals surface area contributed by atoms with Gasteiger partial charge in [-0.25, -0.2) is 0 Å². The predicted molar refractivity (Wildman–Crippen MR) is 127 cm³/mol. The fourth-order valence-corrected chi connectivity index (χ4v) is 3.30. The third-order valence-corrected chi connectivity index (χ3v) is 6.19. The van der Waals surface area contributed by atoms with Gasteiger partial charge in [-0.1, -0.05) is 52.3 Å². The number of hydrogen-bond acceptors (Lipinski definition) is 4. The second-order valence-corrected chi connectivity index (χ2v) is 9.53. The summed E-state index contributed by atoms with van der Waals surface area (Å²) in [6, 6.07) is 16.4. The van der Waals surface area contributed by atoms with Crippen molar-refractivity contribution in [3.8, 4) is 0 Å². The van der Waals surface area contributed by atoms with Gasteiger partial charge >= 0.3 is 7.12 Å². The van der Waals surface area contributed by atoms with Crippen molar-refractivity contribution in [1.82, 2.24) is 0 Å². The van der Waals surface area contributed by atoms with Crippen LogP contribution in [0.5, 0.6) is 0 Å². The lowest BCUT2D eigenvalue weighted by atomic mass is 9.79. The molecule has 30 heavy (non-hydrogen) atoms. The molecule has 2 N–H and O–H groups in total. The van der Waals surface area contributed by atoms with E-state index >= 15 is 0 Å². The smallest absolute Gasteiger partial charge is 0.399 e. The minimum atomic E-state index is -0.298. The van der Waals surface area contributed by atoms with Crippen molar-refractivity contribution < 1.29 is 19.5 Å². The lowest BCUT2D eigenvalue weighted by Gasteiger charge is -2.32. The Bertz CT molecular complexity index is 744. The van der Waals surface area contributed by atoms with Gasteiger partial charge in [-0.15, -0.1) is 0 Å². The molecule has 164 valence electrons. The van der Waals surface area contributed by atoms with E-state index in [2.05, 4.69) is 80.0 Å². The van der Waals surface area contributed by atoms with Gasteiger partial charge in [0.25, 0.3) is 0 Å². The van der Waals surface area contributed by atoms with Crippen molar-refractivity contribution in [2.45, 2.75) is 64.6 Å². The zero-order chi connectivity index (χ0) is 22.2. The van der Waals surface area contributed by atoms with Crippen LogP contribution >= 0.6 is 15.9 Å². The quantitative estimate of drug-likeness (QED) is 0.585. The first kappa shape index (κ1) is 25.1. The van der Waals surface area contributed by atoms with Crippen LogP contribution in [0.15, 0.2) is 53.0 Å². The van der Waals surface area contributed by atoms with Crippen molar-refractivity contribution in [1.29, 1.82) is 0 Å². The van der Waals surface area contributed by atoms with Crippen LogP contribution in [0, 0.1) is 0 Å². The van der Waals surface area contributed by atoms with Crippen LogP contribution in [0.3, 0.4) is 0 Å². The second kappa shape index (κ2) is 11.4. The van der Waals surface area contributed by atoms with E-state index in [0.29, 0.717) is 0 Å². The van der Waals surface area contributed by atoms with E-state index in [4.69, 9.17) is 19.5 Å². The van der Waals surface area contributed by atoms with Gasteiger partial charge in [0, 0.05) is 17.7 Å². The first-order chi connectivity index (χ1) is 14.2. The summed E-state index contributed by atoms with van der Waals surface area (Å²) in [5.74, 6) is 0. The molecule has 3 rings (SSSR count). The molecule has 0 radical (unpaired) electrons. The maximum Gasteiger partial charge on any atom is 0.494 e. The lowest BCUT2D eigenvalue weighted by molar-refractivity contribution is 0.00578. The Morgan fingerprint density at radius 3 is 1.53 bits per heavy atom. The van der Waals surface area contributed by atoms with E-state index in [-0.39, 0.29) is 31.5 Å². The highest BCUT2D eigenvalue weighted by Gasteiger charge is 2.51. The maximum atomic E-state index is 8.83. The van der Waals surface area contributed by atoms with Crippen molar-refractivity contribution >= 4 is 28.5 Å². The summed E-state index contributed by atoms with van der Waals surface area (Å²) in [6.45, 7) is 8.74. The SMILES string of the molecule is CC1(C)OB(c2ccc(CCCO)cc2)OC1(C)C.OCCCc1ccc(Br)cc1. The fourth-order valence-electron chi connectivity index (χ4n) is 3.04. The van der Waals surface area contributed by atoms with Gasteiger partial charge in [0.1, 0.15) is 0 Å². The van der Waals surface area contributed by atoms with Gasteiger partial charge in [-0.3, -0.25) is 0 Å². The Balaban J connectivity index is 0.000000248. The zero-order valence-electron chi connectivity index (χ0n) is 18.5. The Morgan fingerprint density at radius 2 is 1.13 bits per heavy atom. The van der Waals surface area contributed by atoms with Gasteiger partial charge in [-0.05, 0) is 82.1 Å². The molecule has 0 spiro atoms. The highest BCUT2D eigenvalue weighted by molar-refractivity contribution is 9.10. The number of aliphatic hydroxyl groups is 2. The topological polar surface area (TPSA) is 58.9 Å². The van der Waals surface area contributed by atoms with Crippen LogP contribution in [-0.2, 0) is 22.2 Å². The number of halogens is 1. The van der Waals surface area contributed by atoms with Crippen molar-refractivity contribution in [3.05, 3.63) is 64.1 Å². The van der Waals surface area contributed by atoms with E-state index in [1.165, 1.54) is 11.1 Å². The highest BCUT2D eigenvalue weighted by atomic mass is 79.9. The molecule has 4 nitrogen and oxygen atoms in total. The summed E-state index contributed by atoms with van der Waals surface area (Å²) < 4.78 is 13.1. The molecule has 0 unspecified atom stereocenters. The Hall–Kier alpha value is -1.18. The normalized spacial score (nSPS) is 16.8. The third-order valence-electron chi connectivity index (χ3n) is 5.67. The van der Waals surface area contributed by atoms with Crippen LogP contribution in [0.25, 0.3) is 0 Å². The molecular weight excluding hydrogens is 443 g/mol. The maximum absolute atomic E-state index is 8.83. The van der Waals surface area contributed by atoms with Gasteiger partial charge < -0.3 is 19.5 Å². The molecule has 1 heterocycles. The van der Waals surface area contributed by atoms with Crippen LogP contribution in [0.4, 0.5) is 0 Å². The van der Waals surface area contributed by atoms with E-state index in [1.54, 1.807) is 0 Å². The summed E-state index contributed by atoms with van der Waals surface area (Å²) >= 11 is 3.36. The average Bonchev–Trinajstić information content (AvgIpc) is 2.94. The van der Waals surface area contributed by atoms with E-state index in [1.807, 2.05) is 12.1 Å². The van der Waals surface area contributed by atoms with Crippen LogP contribution in [-0.4, -0.2) is 41.7 Å². The first-order valence-electron chi connectivity index (χ1n) is 10.6. The van der Waals surface area contributed by atoms with E-state index in [0.717, 1.165) is 35.6 Å². The Morgan fingerprint density at radius 1 is 0.733 bits per heavy atom. The largest absolute Gasteiger partial charge is 0.494 e. The molecule has 2 aromatic carbocycles. The molecular formula is C24H34BBrO4. The highest BCUT2D eigenvalue weighted by Crippen LogP contribution is 2.36. The molecule has 0 amide bonds. The zero-order valence-corrected chi connectivity index (χ0v) is 20.1. The van der Waals surface area contributed by atoms with Crippen LogP contribution in [0.1, 0.15) is 51.7 Å². The number of aryl methyl sites for hydroxylation is 2. The molecule has 2 aromatic rings. The molecule has 1 aliphatic heterocycles. The molecule has 0 bridgehead atoms. The monoisotopic (exact) mass is 476 g/mol. The first-order valence-corrected chi connectivity index (χ1v) is 11.4. The molecule has 1 fully saturated rings. The Kier molecular flexibility index (Phi) is 9.57. The van der Waals surface area contributed by atoms with Crippen LogP contribution < -0.4 is 5.46 Å². The summed E-state index contributed by atoms with van der Waals surface area (Å²) in [5.41, 5.74) is 2.96. The van der Waals surface area contributed by atoms with Crippen molar-refractivity contribution in [3.63, 3.8) is 0 Å². The number of rotatable bonds is 7. The fraction of sp³-hybridized carbons (Fsp3) is 0.500. The van der Waals surface area contributed by atoms with Crippen LogP contribution in [0.2, 0.25) is 0 Å². The predicted octanol–water partition coefficient (Wildman–Crippen LogP) is 4.28. The van der Waals surface area contributed by atoms with Crippen molar-refractivity contribution in [2.24, 2.45) is 0 Å². The van der Waals surface area contributed by atoms with Gasteiger partial charge in [0.15, 0.2) is 0 Å².